The summed E-state index contributed by atoms with van der Waals surface area (Å²) in [6.07, 6.45) is 1.59. The van der Waals surface area contributed by atoms with Gasteiger partial charge in [-0.15, -0.1) is 5.10 Å². The highest BCUT2D eigenvalue weighted by atomic mass is 16.5. The molecule has 2 rings (SSSR count). The Hall–Kier alpha value is -2.57. The minimum absolute atomic E-state index is 0.519. The Bertz CT molecular complexity index is 589. The summed E-state index contributed by atoms with van der Waals surface area (Å²) in [4.78, 5) is 4.34. The van der Waals surface area contributed by atoms with Crippen LogP contribution < -0.4 is 20.1 Å². The molecular weight excluding hydrogens is 294 g/mol. The molecule has 0 spiro atoms. The average molecular weight is 317 g/mol. The molecule has 1 aromatic heterocycles. The smallest absolute Gasteiger partial charge is 0.244 e. The van der Waals surface area contributed by atoms with Gasteiger partial charge >= 0.3 is 0 Å². The molecule has 0 aliphatic carbocycles. The molecule has 0 bridgehead atoms. The molecule has 7 nitrogen and oxygen atoms in total. The lowest BCUT2D eigenvalue weighted by molar-refractivity contribution is 0.331. The van der Waals surface area contributed by atoms with E-state index in [1.165, 1.54) is 0 Å². The molecule has 0 aliphatic heterocycles. The molecule has 0 atom stereocenters. The van der Waals surface area contributed by atoms with Crippen molar-refractivity contribution in [1.82, 2.24) is 15.2 Å². The maximum absolute atomic E-state index is 5.64. The molecular formula is C16H23N5O2. The molecule has 7 heteroatoms. The van der Waals surface area contributed by atoms with Crippen LogP contribution in [0.15, 0.2) is 30.5 Å². The maximum Gasteiger partial charge on any atom is 0.244 e. The van der Waals surface area contributed by atoms with E-state index in [1.807, 2.05) is 24.3 Å². The van der Waals surface area contributed by atoms with E-state index < -0.39 is 0 Å². The summed E-state index contributed by atoms with van der Waals surface area (Å²) >= 11 is 0. The predicted molar refractivity (Wildman–Crippen MR) is 90.1 cm³/mol. The summed E-state index contributed by atoms with van der Waals surface area (Å²) in [5.74, 6) is 3.33. The molecule has 23 heavy (non-hydrogen) atoms. The van der Waals surface area contributed by atoms with Gasteiger partial charge in [0.15, 0.2) is 5.82 Å². The molecule has 2 N–H and O–H groups in total. The third-order valence-electron chi connectivity index (χ3n) is 2.96. The van der Waals surface area contributed by atoms with Gasteiger partial charge < -0.3 is 20.1 Å². The van der Waals surface area contributed by atoms with Crippen LogP contribution in [-0.4, -0.2) is 42.0 Å². The fourth-order valence-corrected chi connectivity index (χ4v) is 1.78. The standard InChI is InChI=1S/C16H23N5O2/c1-12(2)10-18-16-20-15(11-19-21-16)17-8-9-23-14-6-4-13(22-3)5-7-14/h4-7,11-12H,8-10H2,1-3H3,(H2,17,18,20,21). The number of nitrogens with one attached hydrogen (secondary N) is 2. The van der Waals surface area contributed by atoms with Crippen LogP contribution in [0.2, 0.25) is 0 Å². The van der Waals surface area contributed by atoms with E-state index in [2.05, 4.69) is 39.7 Å². The number of hydrogen-bond acceptors (Lipinski definition) is 7. The van der Waals surface area contributed by atoms with Gasteiger partial charge in [-0.1, -0.05) is 13.8 Å². The Labute approximate surface area is 136 Å². The first-order valence-electron chi connectivity index (χ1n) is 7.61. The molecule has 0 radical (unpaired) electrons. The van der Waals surface area contributed by atoms with Crippen molar-refractivity contribution >= 4 is 11.8 Å². The van der Waals surface area contributed by atoms with Gasteiger partial charge in [-0.05, 0) is 30.2 Å². The van der Waals surface area contributed by atoms with Crippen LogP contribution in [0.25, 0.3) is 0 Å². The predicted octanol–water partition coefficient (Wildman–Crippen LogP) is 2.44. The highest BCUT2D eigenvalue weighted by molar-refractivity contribution is 5.37. The Balaban J connectivity index is 1.74. The molecule has 0 aliphatic rings. The highest BCUT2D eigenvalue weighted by Crippen LogP contribution is 2.16. The van der Waals surface area contributed by atoms with Crippen LogP contribution in [0, 0.1) is 5.92 Å². The third-order valence-corrected chi connectivity index (χ3v) is 2.96. The summed E-state index contributed by atoms with van der Waals surface area (Å²) in [5.41, 5.74) is 0. The third kappa shape index (κ3) is 5.98. The SMILES string of the molecule is COc1ccc(OCCNc2cnnc(NCC(C)C)n2)cc1. The summed E-state index contributed by atoms with van der Waals surface area (Å²) < 4.78 is 10.7. The first-order valence-corrected chi connectivity index (χ1v) is 7.61. The zero-order valence-electron chi connectivity index (χ0n) is 13.7. The van der Waals surface area contributed by atoms with Gasteiger partial charge in [-0.25, -0.2) is 0 Å². The number of methoxy groups -OCH3 is 1. The van der Waals surface area contributed by atoms with E-state index in [9.17, 15) is 0 Å². The van der Waals surface area contributed by atoms with E-state index in [0.717, 1.165) is 18.0 Å². The quantitative estimate of drug-likeness (QED) is 0.687. The second-order valence-corrected chi connectivity index (χ2v) is 5.39. The summed E-state index contributed by atoms with van der Waals surface area (Å²) in [6.45, 7) is 6.20. The van der Waals surface area contributed by atoms with Crippen molar-refractivity contribution in [1.29, 1.82) is 0 Å². The lowest BCUT2D eigenvalue weighted by Gasteiger charge is -2.10. The summed E-state index contributed by atoms with van der Waals surface area (Å²) in [6, 6.07) is 7.48. The molecule has 0 amide bonds. The fourth-order valence-electron chi connectivity index (χ4n) is 1.78. The number of anilines is 2. The van der Waals surface area contributed by atoms with E-state index in [-0.39, 0.29) is 0 Å². The molecule has 2 aromatic rings. The lowest BCUT2D eigenvalue weighted by Crippen LogP contribution is -2.15. The van der Waals surface area contributed by atoms with Crippen LogP contribution in [-0.2, 0) is 0 Å². The number of rotatable bonds is 9. The lowest BCUT2D eigenvalue weighted by atomic mass is 10.2. The maximum atomic E-state index is 5.64. The van der Waals surface area contributed by atoms with Crippen molar-refractivity contribution in [2.45, 2.75) is 13.8 Å². The van der Waals surface area contributed by atoms with E-state index >= 15 is 0 Å². The van der Waals surface area contributed by atoms with Crippen molar-refractivity contribution in [2.24, 2.45) is 5.92 Å². The van der Waals surface area contributed by atoms with Gasteiger partial charge in [0.05, 0.1) is 19.9 Å². The first-order chi connectivity index (χ1) is 11.2. The van der Waals surface area contributed by atoms with E-state index in [0.29, 0.717) is 30.8 Å². The van der Waals surface area contributed by atoms with Crippen LogP contribution in [0.4, 0.5) is 11.8 Å². The Morgan fingerprint density at radius 3 is 2.52 bits per heavy atom. The zero-order chi connectivity index (χ0) is 16.5. The normalized spacial score (nSPS) is 10.4. The largest absolute Gasteiger partial charge is 0.497 e. The van der Waals surface area contributed by atoms with E-state index in [1.54, 1.807) is 13.3 Å². The van der Waals surface area contributed by atoms with Gasteiger partial charge in [0.2, 0.25) is 5.95 Å². The molecule has 0 saturated heterocycles. The minimum atomic E-state index is 0.519. The average Bonchev–Trinajstić information content (AvgIpc) is 2.58. The second-order valence-electron chi connectivity index (χ2n) is 5.39. The van der Waals surface area contributed by atoms with Gasteiger partial charge in [-0.3, -0.25) is 0 Å². The molecule has 0 saturated carbocycles. The fraction of sp³-hybridized carbons (Fsp3) is 0.438. The summed E-state index contributed by atoms with van der Waals surface area (Å²) in [5, 5.41) is 14.2. The van der Waals surface area contributed by atoms with Gasteiger partial charge in [0, 0.05) is 6.54 Å². The molecule has 0 unspecified atom stereocenters. The van der Waals surface area contributed by atoms with Gasteiger partial charge in [0.1, 0.15) is 18.1 Å². The summed E-state index contributed by atoms with van der Waals surface area (Å²) in [7, 11) is 1.64. The van der Waals surface area contributed by atoms with Crippen LogP contribution >= 0.6 is 0 Å². The molecule has 124 valence electrons. The number of ether oxygens (including phenoxy) is 2. The van der Waals surface area contributed by atoms with Crippen molar-refractivity contribution in [3.63, 3.8) is 0 Å². The van der Waals surface area contributed by atoms with E-state index in [4.69, 9.17) is 9.47 Å². The molecule has 1 heterocycles. The molecule has 1 aromatic carbocycles. The highest BCUT2D eigenvalue weighted by Gasteiger charge is 2.01. The van der Waals surface area contributed by atoms with Crippen molar-refractivity contribution in [3.05, 3.63) is 30.5 Å². The van der Waals surface area contributed by atoms with Gasteiger partial charge in [0.25, 0.3) is 0 Å². The Kier molecular flexibility index (Phi) is 6.40. The number of hydrogen-bond donors (Lipinski definition) is 2. The topological polar surface area (TPSA) is 81.2 Å². The number of benzene rings is 1. The van der Waals surface area contributed by atoms with Gasteiger partial charge in [-0.2, -0.15) is 10.1 Å². The number of nitrogens with zero attached hydrogens (tertiary/aromatic N) is 3. The van der Waals surface area contributed by atoms with Crippen LogP contribution in [0.3, 0.4) is 0 Å². The Morgan fingerprint density at radius 1 is 1.09 bits per heavy atom. The van der Waals surface area contributed by atoms with Crippen LogP contribution in [0.5, 0.6) is 11.5 Å². The monoisotopic (exact) mass is 317 g/mol. The van der Waals surface area contributed by atoms with Crippen LogP contribution in [0.1, 0.15) is 13.8 Å². The molecule has 0 fully saturated rings. The Morgan fingerprint density at radius 2 is 1.83 bits per heavy atom. The van der Waals surface area contributed by atoms with Crippen molar-refractivity contribution in [3.8, 4) is 11.5 Å². The number of aromatic nitrogens is 3. The first kappa shape index (κ1) is 16.8. The minimum Gasteiger partial charge on any atom is -0.497 e. The zero-order valence-corrected chi connectivity index (χ0v) is 13.7. The van der Waals surface area contributed by atoms with Crippen molar-refractivity contribution < 1.29 is 9.47 Å². The van der Waals surface area contributed by atoms with Crippen molar-refractivity contribution in [2.75, 3.05) is 37.4 Å². The second kappa shape index (κ2) is 8.77.